The van der Waals surface area contributed by atoms with Crippen molar-refractivity contribution < 1.29 is 18.3 Å². The van der Waals surface area contributed by atoms with E-state index in [1.165, 1.54) is 30.3 Å². The van der Waals surface area contributed by atoms with Crippen LogP contribution < -0.4 is 0 Å². The predicted octanol–water partition coefficient (Wildman–Crippen LogP) is 3.80. The van der Waals surface area contributed by atoms with E-state index in [0.717, 1.165) is 0 Å². The summed E-state index contributed by atoms with van der Waals surface area (Å²) in [4.78, 5) is 0. The molecule has 0 saturated carbocycles. The van der Waals surface area contributed by atoms with Gasteiger partial charge in [-0.25, -0.2) is 0 Å². The number of halogens is 4. The lowest BCUT2D eigenvalue weighted by atomic mass is 10.1. The summed E-state index contributed by atoms with van der Waals surface area (Å²) >= 11 is 3.11. The second-order valence-electron chi connectivity index (χ2n) is 2.84. The Morgan fingerprint density at radius 3 is 2.12 bits per heavy atom. The van der Waals surface area contributed by atoms with E-state index < -0.39 is 17.5 Å². The van der Waals surface area contributed by atoms with Crippen LogP contribution in [0.25, 0.3) is 5.57 Å². The van der Waals surface area contributed by atoms with Gasteiger partial charge in [-0.3, -0.25) is 0 Å². The Morgan fingerprint density at radius 1 is 1.25 bits per heavy atom. The summed E-state index contributed by atoms with van der Waals surface area (Å²) in [5.41, 5.74) is -0.777. The molecule has 0 unspecified atom stereocenters. The molecular weight excluding hydrogens is 287 g/mol. The van der Waals surface area contributed by atoms with Gasteiger partial charge in [-0.15, -0.1) is 0 Å². The zero-order chi connectivity index (χ0) is 12.3. The van der Waals surface area contributed by atoms with Crippen LogP contribution in [0.2, 0.25) is 0 Å². The van der Waals surface area contributed by atoms with E-state index in [0.29, 0.717) is 4.47 Å². The maximum Gasteiger partial charge on any atom is 0.450 e. The van der Waals surface area contributed by atoms with Crippen LogP contribution in [0.15, 0.2) is 34.5 Å². The minimum absolute atomic E-state index is 0.0144. The highest BCUT2D eigenvalue weighted by Gasteiger charge is 2.37. The fourth-order valence-corrected chi connectivity index (χ4v) is 1.28. The Bertz CT molecular complexity index is 456. The highest BCUT2D eigenvalue weighted by atomic mass is 79.9. The lowest BCUT2D eigenvalue weighted by molar-refractivity contribution is -0.119. The van der Waals surface area contributed by atoms with E-state index in [-0.39, 0.29) is 5.56 Å². The first-order valence-electron chi connectivity index (χ1n) is 4.02. The third-order valence-corrected chi connectivity index (χ3v) is 2.28. The van der Waals surface area contributed by atoms with Gasteiger partial charge in [0.25, 0.3) is 0 Å². The molecule has 0 atom stereocenters. The van der Waals surface area contributed by atoms with Gasteiger partial charge in [0.2, 0.25) is 5.76 Å². The summed E-state index contributed by atoms with van der Waals surface area (Å²) in [6.07, 6.45) is -4.92. The highest BCUT2D eigenvalue weighted by Crippen LogP contribution is 2.30. The van der Waals surface area contributed by atoms with Crippen LogP contribution in [0.5, 0.6) is 0 Å². The van der Waals surface area contributed by atoms with Crippen molar-refractivity contribution in [3.8, 4) is 6.07 Å². The van der Waals surface area contributed by atoms with Crippen LogP contribution in [0.3, 0.4) is 0 Å². The van der Waals surface area contributed by atoms with Crippen molar-refractivity contribution >= 4 is 21.5 Å². The molecule has 0 radical (unpaired) electrons. The standard InChI is InChI=1S/C10H5BrF3NO/c11-7-3-1-6(2-4-7)8(5-15)9(16)10(12,13)14/h1-4,16H. The Labute approximate surface area is 97.8 Å². The van der Waals surface area contributed by atoms with Crippen LogP contribution in [-0.4, -0.2) is 11.3 Å². The predicted molar refractivity (Wildman–Crippen MR) is 55.4 cm³/mol. The average molecular weight is 292 g/mol. The van der Waals surface area contributed by atoms with Crippen molar-refractivity contribution in [1.82, 2.24) is 0 Å². The van der Waals surface area contributed by atoms with Crippen LogP contribution in [0.1, 0.15) is 5.56 Å². The second kappa shape index (κ2) is 4.58. The molecule has 0 aliphatic rings. The number of aliphatic hydroxyl groups excluding tert-OH is 1. The number of rotatable bonds is 1. The molecule has 2 nitrogen and oxygen atoms in total. The van der Waals surface area contributed by atoms with Gasteiger partial charge in [0.1, 0.15) is 11.6 Å². The van der Waals surface area contributed by atoms with Gasteiger partial charge in [-0.2, -0.15) is 18.4 Å². The highest BCUT2D eigenvalue weighted by molar-refractivity contribution is 9.10. The summed E-state index contributed by atoms with van der Waals surface area (Å²) in [7, 11) is 0. The molecule has 1 aromatic carbocycles. The van der Waals surface area contributed by atoms with Crippen molar-refractivity contribution in [1.29, 1.82) is 5.26 Å². The van der Waals surface area contributed by atoms with Gasteiger partial charge in [0, 0.05) is 4.47 Å². The van der Waals surface area contributed by atoms with Crippen LogP contribution >= 0.6 is 15.9 Å². The van der Waals surface area contributed by atoms with Crippen LogP contribution in [-0.2, 0) is 0 Å². The summed E-state index contributed by atoms with van der Waals surface area (Å²) < 4.78 is 37.2. The molecule has 0 amide bonds. The molecule has 0 bridgehead atoms. The largest absolute Gasteiger partial charge is 0.503 e. The molecule has 0 fully saturated rings. The molecule has 16 heavy (non-hydrogen) atoms. The third-order valence-electron chi connectivity index (χ3n) is 1.75. The number of hydrogen-bond donors (Lipinski definition) is 1. The van der Waals surface area contributed by atoms with E-state index in [9.17, 15) is 13.2 Å². The molecule has 0 saturated heterocycles. The van der Waals surface area contributed by atoms with Crippen molar-refractivity contribution in [2.24, 2.45) is 0 Å². The van der Waals surface area contributed by atoms with Crippen molar-refractivity contribution in [2.45, 2.75) is 6.18 Å². The lowest BCUT2D eigenvalue weighted by Gasteiger charge is -2.07. The fourth-order valence-electron chi connectivity index (χ4n) is 1.01. The number of benzene rings is 1. The molecule has 0 spiro atoms. The number of allylic oxidation sites excluding steroid dienone is 2. The summed E-state index contributed by atoms with van der Waals surface area (Å²) in [5.74, 6) is -1.88. The van der Waals surface area contributed by atoms with E-state index in [4.69, 9.17) is 10.4 Å². The molecule has 1 aromatic rings. The lowest BCUT2D eigenvalue weighted by Crippen LogP contribution is -2.13. The van der Waals surface area contributed by atoms with E-state index in [1.54, 1.807) is 0 Å². The van der Waals surface area contributed by atoms with E-state index in [2.05, 4.69) is 15.9 Å². The van der Waals surface area contributed by atoms with Crippen molar-refractivity contribution in [3.05, 3.63) is 40.1 Å². The topological polar surface area (TPSA) is 44.0 Å². The maximum absolute atomic E-state index is 12.2. The smallest absolute Gasteiger partial charge is 0.450 e. The zero-order valence-corrected chi connectivity index (χ0v) is 9.30. The molecule has 0 aromatic heterocycles. The maximum atomic E-state index is 12.2. The van der Waals surface area contributed by atoms with E-state index >= 15 is 0 Å². The molecule has 0 heterocycles. The minimum atomic E-state index is -4.92. The SMILES string of the molecule is N#CC(=C(O)C(F)(F)F)c1ccc(Br)cc1. The van der Waals surface area contributed by atoms with Gasteiger partial charge in [-0.05, 0) is 17.7 Å². The number of alkyl halides is 3. The number of hydrogen-bond acceptors (Lipinski definition) is 2. The Hall–Kier alpha value is -1.48. The molecule has 84 valence electrons. The first kappa shape index (κ1) is 12.6. The Balaban J connectivity index is 3.29. The number of nitriles is 1. The van der Waals surface area contributed by atoms with Gasteiger partial charge >= 0.3 is 6.18 Å². The monoisotopic (exact) mass is 291 g/mol. The minimum Gasteiger partial charge on any atom is -0.503 e. The Kier molecular flexibility index (Phi) is 3.60. The van der Waals surface area contributed by atoms with Gasteiger partial charge < -0.3 is 5.11 Å². The second-order valence-corrected chi connectivity index (χ2v) is 3.76. The van der Waals surface area contributed by atoms with Gasteiger partial charge in [0.05, 0.1) is 0 Å². The summed E-state index contributed by atoms with van der Waals surface area (Å²) in [6.45, 7) is 0. The number of nitrogens with zero attached hydrogens (tertiary/aromatic N) is 1. The third kappa shape index (κ3) is 2.76. The number of aliphatic hydroxyl groups is 1. The van der Waals surface area contributed by atoms with Gasteiger partial charge in [-0.1, -0.05) is 28.1 Å². The quantitative estimate of drug-likeness (QED) is 0.632. The summed E-state index contributed by atoms with van der Waals surface area (Å²) in [6, 6.07) is 6.92. The molecule has 0 aliphatic carbocycles. The van der Waals surface area contributed by atoms with Crippen molar-refractivity contribution in [2.75, 3.05) is 0 Å². The first-order valence-corrected chi connectivity index (χ1v) is 4.82. The van der Waals surface area contributed by atoms with Gasteiger partial charge in [0.15, 0.2) is 0 Å². The molecule has 1 rings (SSSR count). The van der Waals surface area contributed by atoms with Crippen LogP contribution in [0, 0.1) is 11.3 Å². The summed E-state index contributed by atoms with van der Waals surface area (Å²) in [5, 5.41) is 17.5. The van der Waals surface area contributed by atoms with E-state index in [1.807, 2.05) is 0 Å². The fraction of sp³-hybridized carbons (Fsp3) is 0.100. The van der Waals surface area contributed by atoms with Crippen LogP contribution in [0.4, 0.5) is 13.2 Å². The Morgan fingerprint density at radius 2 is 1.75 bits per heavy atom. The molecule has 6 heteroatoms. The molecule has 1 N–H and O–H groups in total. The van der Waals surface area contributed by atoms with Crippen molar-refractivity contribution in [3.63, 3.8) is 0 Å². The first-order chi connectivity index (χ1) is 7.36. The molecular formula is C10H5BrF3NO. The average Bonchev–Trinajstić information content (AvgIpc) is 2.20. The normalized spacial score (nSPS) is 12.9. The molecule has 0 aliphatic heterocycles. The zero-order valence-electron chi connectivity index (χ0n) is 7.72.